The highest BCUT2D eigenvalue weighted by Crippen LogP contribution is 2.26. The molecule has 3 heteroatoms. The fourth-order valence-electron chi connectivity index (χ4n) is 2.37. The van der Waals surface area contributed by atoms with E-state index in [0.717, 1.165) is 21.8 Å². The molecule has 3 nitrogen and oxygen atoms in total. The number of hydrogen-bond donors (Lipinski definition) is 2. The molecule has 100 valence electrons. The molecule has 1 unspecified atom stereocenters. The SMILES string of the molecule is Cc1ccc2c(n1)=CC(c1ccccc1)C(O)=C(O)C=2. The van der Waals surface area contributed by atoms with Crippen molar-refractivity contribution in [3.8, 4) is 0 Å². The summed E-state index contributed by atoms with van der Waals surface area (Å²) in [6.07, 6.45) is 3.43. The first-order valence-electron chi connectivity index (χ1n) is 6.49. The molecule has 0 fully saturated rings. The van der Waals surface area contributed by atoms with Gasteiger partial charge in [0.05, 0.1) is 11.3 Å². The molecule has 3 rings (SSSR count). The van der Waals surface area contributed by atoms with Crippen molar-refractivity contribution in [2.75, 3.05) is 0 Å². The zero-order valence-corrected chi connectivity index (χ0v) is 11.1. The first kappa shape index (κ1) is 12.5. The average Bonchev–Trinajstić information content (AvgIpc) is 2.58. The monoisotopic (exact) mass is 265 g/mol. The molecular weight excluding hydrogens is 250 g/mol. The van der Waals surface area contributed by atoms with Gasteiger partial charge in [-0.3, -0.25) is 4.98 Å². The molecule has 2 aromatic rings. The van der Waals surface area contributed by atoms with Crippen LogP contribution < -0.4 is 10.6 Å². The molecule has 2 N–H and O–H groups in total. The summed E-state index contributed by atoms with van der Waals surface area (Å²) in [4.78, 5) is 4.48. The summed E-state index contributed by atoms with van der Waals surface area (Å²) in [7, 11) is 0. The maximum atomic E-state index is 10.3. The quantitative estimate of drug-likeness (QED) is 0.830. The lowest BCUT2D eigenvalue weighted by Gasteiger charge is -2.12. The van der Waals surface area contributed by atoms with Gasteiger partial charge >= 0.3 is 0 Å². The molecule has 1 atom stereocenters. The van der Waals surface area contributed by atoms with Crippen molar-refractivity contribution in [1.82, 2.24) is 4.98 Å². The second-order valence-corrected chi connectivity index (χ2v) is 4.90. The van der Waals surface area contributed by atoms with Gasteiger partial charge in [-0.25, -0.2) is 0 Å². The molecule has 0 bridgehead atoms. The second-order valence-electron chi connectivity index (χ2n) is 4.90. The van der Waals surface area contributed by atoms with Crippen molar-refractivity contribution in [3.05, 3.63) is 75.8 Å². The Morgan fingerprint density at radius 3 is 2.50 bits per heavy atom. The fourth-order valence-corrected chi connectivity index (χ4v) is 2.37. The molecule has 1 aliphatic rings. The van der Waals surface area contributed by atoms with Crippen molar-refractivity contribution in [2.24, 2.45) is 0 Å². The van der Waals surface area contributed by atoms with Gasteiger partial charge < -0.3 is 10.2 Å². The van der Waals surface area contributed by atoms with E-state index >= 15 is 0 Å². The highest BCUT2D eigenvalue weighted by atomic mass is 16.3. The van der Waals surface area contributed by atoms with Gasteiger partial charge in [-0.15, -0.1) is 0 Å². The fraction of sp³-hybridized carbons (Fsp3) is 0.118. The van der Waals surface area contributed by atoms with E-state index in [1.807, 2.05) is 55.5 Å². The van der Waals surface area contributed by atoms with Gasteiger partial charge in [0.1, 0.15) is 5.76 Å². The minimum Gasteiger partial charge on any atom is -0.507 e. The normalized spacial score (nSPS) is 17.8. The Labute approximate surface area is 116 Å². The van der Waals surface area contributed by atoms with E-state index in [2.05, 4.69) is 4.98 Å². The van der Waals surface area contributed by atoms with E-state index in [0.29, 0.717) is 0 Å². The lowest BCUT2D eigenvalue weighted by atomic mass is 9.96. The number of benzene rings is 1. The zero-order valence-electron chi connectivity index (χ0n) is 11.1. The van der Waals surface area contributed by atoms with Crippen molar-refractivity contribution in [2.45, 2.75) is 12.8 Å². The Hall–Kier alpha value is -2.55. The van der Waals surface area contributed by atoms with E-state index in [1.54, 1.807) is 6.08 Å². The number of aliphatic hydroxyl groups is 2. The van der Waals surface area contributed by atoms with Crippen LogP contribution in [0.2, 0.25) is 0 Å². The van der Waals surface area contributed by atoms with E-state index in [9.17, 15) is 10.2 Å². The van der Waals surface area contributed by atoms with Crippen molar-refractivity contribution < 1.29 is 10.2 Å². The minimum absolute atomic E-state index is 0.0492. The maximum Gasteiger partial charge on any atom is 0.154 e. The molecule has 0 radical (unpaired) electrons. The van der Waals surface area contributed by atoms with E-state index in [1.165, 1.54) is 0 Å². The van der Waals surface area contributed by atoms with Gasteiger partial charge in [0.15, 0.2) is 5.76 Å². The second kappa shape index (κ2) is 4.85. The van der Waals surface area contributed by atoms with Crippen LogP contribution in [0, 0.1) is 6.92 Å². The van der Waals surface area contributed by atoms with Crippen LogP contribution in [0.4, 0.5) is 0 Å². The van der Waals surface area contributed by atoms with Crippen LogP contribution in [0.1, 0.15) is 17.2 Å². The predicted octanol–water partition coefficient (Wildman–Crippen LogP) is 2.08. The molecule has 20 heavy (non-hydrogen) atoms. The van der Waals surface area contributed by atoms with Crippen LogP contribution >= 0.6 is 0 Å². The van der Waals surface area contributed by atoms with Gasteiger partial charge in [0.2, 0.25) is 0 Å². The molecular formula is C17H15NO2. The number of aryl methyl sites for hydroxylation is 1. The Bertz CT molecular complexity index is 791. The summed E-state index contributed by atoms with van der Waals surface area (Å²) in [5.74, 6) is -0.547. The zero-order chi connectivity index (χ0) is 14.1. The van der Waals surface area contributed by atoms with E-state index in [-0.39, 0.29) is 17.4 Å². The van der Waals surface area contributed by atoms with Crippen molar-refractivity contribution >= 4 is 12.2 Å². The number of nitrogens with zero attached hydrogens (tertiary/aromatic N) is 1. The lowest BCUT2D eigenvalue weighted by molar-refractivity contribution is 0.328. The Morgan fingerprint density at radius 1 is 1.00 bits per heavy atom. The first-order chi connectivity index (χ1) is 9.65. The Balaban J connectivity index is 2.27. The third-order valence-electron chi connectivity index (χ3n) is 3.43. The molecule has 0 aliphatic heterocycles. The summed E-state index contributed by atoms with van der Waals surface area (Å²) in [5.41, 5.74) is 1.82. The highest BCUT2D eigenvalue weighted by Gasteiger charge is 2.19. The number of rotatable bonds is 1. The molecule has 0 saturated heterocycles. The van der Waals surface area contributed by atoms with Crippen LogP contribution in [-0.4, -0.2) is 15.2 Å². The number of hydrogen-bond acceptors (Lipinski definition) is 3. The summed E-state index contributed by atoms with van der Waals surface area (Å²) < 4.78 is 0. The third-order valence-corrected chi connectivity index (χ3v) is 3.43. The Kier molecular flexibility index (Phi) is 3.03. The standard InChI is InChI=1S/C17H15NO2/c1-11-7-8-13-9-16(19)17(20)14(10-15(13)18-11)12-5-3-2-4-6-12/h2-10,14,19-20H,1H3. The molecule has 0 amide bonds. The predicted molar refractivity (Wildman–Crippen MR) is 78.6 cm³/mol. The number of allylic oxidation sites excluding steroid dienone is 2. The smallest absolute Gasteiger partial charge is 0.154 e. The molecule has 1 heterocycles. The molecule has 0 spiro atoms. The minimum atomic E-state index is -0.386. The van der Waals surface area contributed by atoms with Crippen LogP contribution in [0.5, 0.6) is 0 Å². The molecule has 0 saturated carbocycles. The van der Waals surface area contributed by atoms with Gasteiger partial charge in [0, 0.05) is 10.9 Å². The lowest BCUT2D eigenvalue weighted by Crippen LogP contribution is -2.28. The van der Waals surface area contributed by atoms with Gasteiger partial charge in [0.25, 0.3) is 0 Å². The number of aromatic nitrogens is 1. The third kappa shape index (κ3) is 2.18. The maximum absolute atomic E-state index is 10.3. The average molecular weight is 265 g/mol. The van der Waals surface area contributed by atoms with E-state index in [4.69, 9.17) is 0 Å². The first-order valence-corrected chi connectivity index (χ1v) is 6.49. The topological polar surface area (TPSA) is 53.4 Å². The van der Waals surface area contributed by atoms with Crippen LogP contribution in [0.3, 0.4) is 0 Å². The van der Waals surface area contributed by atoms with Crippen LogP contribution in [0.15, 0.2) is 54.0 Å². The van der Waals surface area contributed by atoms with Crippen LogP contribution in [0.25, 0.3) is 12.2 Å². The Morgan fingerprint density at radius 2 is 1.75 bits per heavy atom. The number of fused-ring (bicyclic) bond motifs is 1. The number of aliphatic hydroxyl groups excluding tert-OH is 2. The molecule has 1 aromatic carbocycles. The van der Waals surface area contributed by atoms with Crippen molar-refractivity contribution in [3.63, 3.8) is 0 Å². The van der Waals surface area contributed by atoms with Gasteiger partial charge in [-0.05, 0) is 30.7 Å². The van der Waals surface area contributed by atoms with E-state index < -0.39 is 0 Å². The molecule has 1 aromatic heterocycles. The summed E-state index contributed by atoms with van der Waals surface area (Å²) in [5, 5.41) is 21.9. The summed E-state index contributed by atoms with van der Waals surface area (Å²) >= 11 is 0. The largest absolute Gasteiger partial charge is 0.507 e. The summed E-state index contributed by atoms with van der Waals surface area (Å²) in [6, 6.07) is 13.4. The van der Waals surface area contributed by atoms with Gasteiger partial charge in [-0.1, -0.05) is 36.4 Å². The molecule has 1 aliphatic carbocycles. The van der Waals surface area contributed by atoms with Gasteiger partial charge in [-0.2, -0.15) is 0 Å². The summed E-state index contributed by atoms with van der Waals surface area (Å²) in [6.45, 7) is 1.92. The van der Waals surface area contributed by atoms with Crippen LogP contribution in [-0.2, 0) is 0 Å². The van der Waals surface area contributed by atoms with Crippen molar-refractivity contribution in [1.29, 1.82) is 0 Å². The number of pyridine rings is 1. The highest BCUT2D eigenvalue weighted by molar-refractivity contribution is 5.55.